The summed E-state index contributed by atoms with van der Waals surface area (Å²) in [4.78, 5) is 0. The second-order valence-electron chi connectivity index (χ2n) is 2.55. The summed E-state index contributed by atoms with van der Waals surface area (Å²) in [5, 5.41) is 17.6. The third-order valence-electron chi connectivity index (χ3n) is 1.82. The van der Waals surface area contributed by atoms with E-state index in [2.05, 4.69) is 6.07 Å². The Labute approximate surface area is 60.2 Å². The van der Waals surface area contributed by atoms with Crippen LogP contribution in [0.25, 0.3) is 0 Å². The molecule has 2 atom stereocenters. The molecule has 0 aromatic heterocycles. The zero-order chi connectivity index (χ0) is 7.40. The van der Waals surface area contributed by atoms with Crippen LogP contribution in [0.1, 0.15) is 12.8 Å². The fraction of sp³-hybridized carbons (Fsp3) is 0.857. The highest BCUT2D eigenvalue weighted by molar-refractivity contribution is 4.82. The van der Waals surface area contributed by atoms with Crippen LogP contribution in [0.3, 0.4) is 0 Å². The average molecular weight is 141 g/mol. The summed E-state index contributed by atoms with van der Waals surface area (Å²) in [5.74, 6) is 0.138. The van der Waals surface area contributed by atoms with Crippen LogP contribution in [0.4, 0.5) is 0 Å². The van der Waals surface area contributed by atoms with Crippen LogP contribution in [-0.4, -0.2) is 24.4 Å². The summed E-state index contributed by atoms with van der Waals surface area (Å²) in [5.41, 5.74) is 0. The summed E-state index contributed by atoms with van der Waals surface area (Å²) in [7, 11) is 0. The topological polar surface area (TPSA) is 53.2 Å². The predicted octanol–water partition coefficient (Wildman–Crippen LogP) is 0.297. The summed E-state index contributed by atoms with van der Waals surface area (Å²) >= 11 is 0. The van der Waals surface area contributed by atoms with E-state index in [-0.39, 0.29) is 5.92 Å². The maximum Gasteiger partial charge on any atom is 0.0812 e. The van der Waals surface area contributed by atoms with Gasteiger partial charge >= 0.3 is 0 Å². The van der Waals surface area contributed by atoms with Crippen LogP contribution in [0.5, 0.6) is 0 Å². The van der Waals surface area contributed by atoms with Gasteiger partial charge in [0.1, 0.15) is 0 Å². The van der Waals surface area contributed by atoms with Crippen molar-refractivity contribution in [1.82, 2.24) is 0 Å². The minimum absolute atomic E-state index is 0.138. The van der Waals surface area contributed by atoms with Crippen molar-refractivity contribution in [3.05, 3.63) is 0 Å². The molecular formula is C7H11NO2. The van der Waals surface area contributed by atoms with E-state index in [1.807, 2.05) is 0 Å². The van der Waals surface area contributed by atoms with Crippen LogP contribution in [0.15, 0.2) is 0 Å². The van der Waals surface area contributed by atoms with E-state index in [1.54, 1.807) is 0 Å². The van der Waals surface area contributed by atoms with E-state index in [9.17, 15) is 5.11 Å². The molecule has 1 aliphatic heterocycles. The lowest BCUT2D eigenvalue weighted by molar-refractivity contribution is -0.0422. The number of ether oxygens (including phenoxy) is 1. The quantitative estimate of drug-likeness (QED) is 0.571. The van der Waals surface area contributed by atoms with Gasteiger partial charge in [0, 0.05) is 18.9 Å². The molecule has 10 heavy (non-hydrogen) atoms. The van der Waals surface area contributed by atoms with E-state index in [0.717, 1.165) is 6.42 Å². The van der Waals surface area contributed by atoms with Crippen LogP contribution in [0.2, 0.25) is 0 Å². The number of hydrogen-bond acceptors (Lipinski definition) is 3. The first kappa shape index (κ1) is 7.52. The Morgan fingerprint density at radius 3 is 3.10 bits per heavy atom. The van der Waals surface area contributed by atoms with Gasteiger partial charge in [-0.2, -0.15) is 5.26 Å². The van der Waals surface area contributed by atoms with Crippen molar-refractivity contribution in [2.24, 2.45) is 5.92 Å². The van der Waals surface area contributed by atoms with Gasteiger partial charge in [0.15, 0.2) is 0 Å². The molecule has 1 fully saturated rings. The standard InChI is InChI=1S/C7H11NO2/c8-3-1-6-2-4-10-5-7(6)9/h6-7,9H,1-2,4-5H2. The Morgan fingerprint density at radius 2 is 2.50 bits per heavy atom. The largest absolute Gasteiger partial charge is 0.390 e. The lowest BCUT2D eigenvalue weighted by atomic mass is 9.95. The van der Waals surface area contributed by atoms with Gasteiger partial charge in [-0.05, 0) is 6.42 Å². The monoisotopic (exact) mass is 141 g/mol. The van der Waals surface area contributed by atoms with Gasteiger partial charge in [0.25, 0.3) is 0 Å². The molecule has 0 aliphatic carbocycles. The molecule has 56 valence electrons. The van der Waals surface area contributed by atoms with Crippen LogP contribution in [-0.2, 0) is 4.74 Å². The van der Waals surface area contributed by atoms with Gasteiger partial charge in [-0.15, -0.1) is 0 Å². The molecule has 0 aromatic rings. The lowest BCUT2D eigenvalue weighted by Crippen LogP contribution is -2.31. The van der Waals surface area contributed by atoms with Crippen LogP contribution >= 0.6 is 0 Å². The van der Waals surface area contributed by atoms with Crippen molar-refractivity contribution >= 4 is 0 Å². The van der Waals surface area contributed by atoms with Crippen molar-refractivity contribution in [2.45, 2.75) is 18.9 Å². The normalized spacial score (nSPS) is 33.2. The van der Waals surface area contributed by atoms with Gasteiger partial charge in [-0.1, -0.05) is 0 Å². The highest BCUT2D eigenvalue weighted by Crippen LogP contribution is 2.17. The van der Waals surface area contributed by atoms with Crippen molar-refractivity contribution in [3.63, 3.8) is 0 Å². The predicted molar refractivity (Wildman–Crippen MR) is 35.2 cm³/mol. The molecule has 1 saturated heterocycles. The third kappa shape index (κ3) is 1.69. The Kier molecular flexibility index (Phi) is 2.67. The number of aliphatic hydroxyl groups excluding tert-OH is 1. The Balaban J connectivity index is 2.34. The molecule has 0 spiro atoms. The molecule has 0 radical (unpaired) electrons. The molecule has 0 saturated carbocycles. The number of rotatable bonds is 1. The molecule has 3 heteroatoms. The smallest absolute Gasteiger partial charge is 0.0812 e. The van der Waals surface area contributed by atoms with Crippen molar-refractivity contribution in [1.29, 1.82) is 5.26 Å². The molecule has 2 unspecified atom stereocenters. The van der Waals surface area contributed by atoms with Crippen LogP contribution < -0.4 is 0 Å². The molecular weight excluding hydrogens is 130 g/mol. The first-order valence-corrected chi connectivity index (χ1v) is 3.47. The van der Waals surface area contributed by atoms with Crippen molar-refractivity contribution in [3.8, 4) is 6.07 Å². The van der Waals surface area contributed by atoms with Crippen molar-refractivity contribution < 1.29 is 9.84 Å². The van der Waals surface area contributed by atoms with Gasteiger partial charge in [0.2, 0.25) is 0 Å². The van der Waals surface area contributed by atoms with Gasteiger partial charge in [-0.25, -0.2) is 0 Å². The zero-order valence-electron chi connectivity index (χ0n) is 5.79. The SMILES string of the molecule is N#CCC1CCOCC1O. The first-order chi connectivity index (χ1) is 4.84. The van der Waals surface area contributed by atoms with Gasteiger partial charge < -0.3 is 9.84 Å². The molecule has 0 bridgehead atoms. The summed E-state index contributed by atoms with van der Waals surface area (Å²) in [6, 6.07) is 2.05. The second kappa shape index (κ2) is 3.55. The fourth-order valence-electron chi connectivity index (χ4n) is 1.12. The van der Waals surface area contributed by atoms with E-state index >= 15 is 0 Å². The molecule has 0 aromatic carbocycles. The maximum atomic E-state index is 9.22. The molecule has 3 nitrogen and oxygen atoms in total. The Bertz CT molecular complexity index is 141. The fourth-order valence-corrected chi connectivity index (χ4v) is 1.12. The number of nitriles is 1. The maximum absolute atomic E-state index is 9.22. The zero-order valence-corrected chi connectivity index (χ0v) is 5.79. The Hall–Kier alpha value is -0.590. The summed E-state index contributed by atoms with van der Waals surface area (Å²) < 4.78 is 5.00. The van der Waals surface area contributed by atoms with E-state index in [1.165, 1.54) is 0 Å². The average Bonchev–Trinajstić information content (AvgIpc) is 1.94. The lowest BCUT2D eigenvalue weighted by Gasteiger charge is -2.25. The molecule has 1 N–H and O–H groups in total. The van der Waals surface area contributed by atoms with Crippen molar-refractivity contribution in [2.75, 3.05) is 13.2 Å². The second-order valence-corrected chi connectivity index (χ2v) is 2.55. The minimum atomic E-state index is -0.423. The number of aliphatic hydroxyl groups is 1. The van der Waals surface area contributed by atoms with E-state index in [4.69, 9.17) is 10.00 Å². The highest BCUT2D eigenvalue weighted by Gasteiger charge is 2.22. The Morgan fingerprint density at radius 1 is 1.70 bits per heavy atom. The van der Waals surface area contributed by atoms with E-state index < -0.39 is 6.10 Å². The molecule has 1 heterocycles. The summed E-state index contributed by atoms with van der Waals surface area (Å²) in [6.07, 6.45) is 0.840. The highest BCUT2D eigenvalue weighted by atomic mass is 16.5. The summed E-state index contributed by atoms with van der Waals surface area (Å²) in [6.45, 7) is 1.08. The molecule has 1 rings (SSSR count). The van der Waals surface area contributed by atoms with Gasteiger partial charge in [0.05, 0.1) is 18.8 Å². The molecule has 1 aliphatic rings. The number of hydrogen-bond donors (Lipinski definition) is 1. The first-order valence-electron chi connectivity index (χ1n) is 3.47. The van der Waals surface area contributed by atoms with E-state index in [0.29, 0.717) is 19.6 Å². The molecule has 0 amide bonds. The van der Waals surface area contributed by atoms with Gasteiger partial charge in [-0.3, -0.25) is 0 Å². The third-order valence-corrected chi connectivity index (χ3v) is 1.82. The van der Waals surface area contributed by atoms with Crippen LogP contribution in [0, 0.1) is 17.2 Å². The minimum Gasteiger partial charge on any atom is -0.390 e. The number of nitrogens with zero attached hydrogens (tertiary/aromatic N) is 1.